The Hall–Kier alpha value is -0.0400. The van der Waals surface area contributed by atoms with Gasteiger partial charge in [-0.25, -0.2) is 0 Å². The summed E-state index contributed by atoms with van der Waals surface area (Å²) < 4.78 is 0. The molecule has 0 radical (unpaired) electrons. The second-order valence-electron chi connectivity index (χ2n) is 7.43. The predicted molar refractivity (Wildman–Crippen MR) is 88.7 cm³/mol. The third-order valence-corrected chi connectivity index (χ3v) is 4.76. The fourth-order valence-electron chi connectivity index (χ4n) is 2.87. The molecular formula is C18H39N. The first-order chi connectivity index (χ1) is 8.82. The first kappa shape index (κ1) is 19.0. The molecule has 0 heterocycles. The average Bonchev–Trinajstić information content (AvgIpc) is 2.38. The van der Waals surface area contributed by atoms with E-state index in [1.807, 2.05) is 0 Å². The summed E-state index contributed by atoms with van der Waals surface area (Å²) in [6.45, 7) is 17.4. The summed E-state index contributed by atoms with van der Waals surface area (Å²) in [7, 11) is 0. The lowest BCUT2D eigenvalue weighted by molar-refractivity contribution is 0.163. The smallest absolute Gasteiger partial charge is 0.00967 e. The second-order valence-corrected chi connectivity index (χ2v) is 7.43. The van der Waals surface area contributed by atoms with Crippen molar-refractivity contribution in [3.05, 3.63) is 0 Å². The molecule has 1 atom stereocenters. The lowest BCUT2D eigenvalue weighted by atomic mass is 9.73. The predicted octanol–water partition coefficient (Wildman–Crippen LogP) is 5.79. The van der Waals surface area contributed by atoms with Crippen LogP contribution >= 0.6 is 0 Å². The van der Waals surface area contributed by atoms with Crippen molar-refractivity contribution >= 4 is 0 Å². The molecule has 1 nitrogen and oxygen atoms in total. The lowest BCUT2D eigenvalue weighted by Crippen LogP contribution is -2.44. The quantitative estimate of drug-likeness (QED) is 0.529. The van der Waals surface area contributed by atoms with E-state index in [-0.39, 0.29) is 5.54 Å². The van der Waals surface area contributed by atoms with E-state index in [2.05, 4.69) is 53.8 Å². The minimum absolute atomic E-state index is 0.237. The van der Waals surface area contributed by atoms with Crippen molar-refractivity contribution in [1.82, 2.24) is 5.32 Å². The topological polar surface area (TPSA) is 12.0 Å². The van der Waals surface area contributed by atoms with Gasteiger partial charge in [0.25, 0.3) is 0 Å². The van der Waals surface area contributed by atoms with Crippen molar-refractivity contribution in [3.63, 3.8) is 0 Å². The first-order valence-corrected chi connectivity index (χ1v) is 8.57. The van der Waals surface area contributed by atoms with Crippen molar-refractivity contribution in [2.24, 2.45) is 11.3 Å². The van der Waals surface area contributed by atoms with Crippen molar-refractivity contribution in [1.29, 1.82) is 0 Å². The van der Waals surface area contributed by atoms with Gasteiger partial charge < -0.3 is 5.32 Å². The average molecular weight is 270 g/mol. The molecule has 0 aliphatic carbocycles. The largest absolute Gasteiger partial charge is 0.312 e. The zero-order valence-corrected chi connectivity index (χ0v) is 14.7. The number of rotatable bonds is 10. The number of unbranched alkanes of at least 4 members (excludes halogenated alkanes) is 1. The maximum absolute atomic E-state index is 3.75. The highest BCUT2D eigenvalue weighted by atomic mass is 15.0. The SMILES string of the molecule is CCCCC(CC)CC(CC)(CC)CNC(C)(C)C. The molecule has 0 aromatic carbocycles. The molecule has 0 saturated heterocycles. The van der Waals surface area contributed by atoms with E-state index in [1.165, 1.54) is 51.5 Å². The summed E-state index contributed by atoms with van der Waals surface area (Å²) in [5.74, 6) is 0.918. The van der Waals surface area contributed by atoms with Crippen LogP contribution in [0.3, 0.4) is 0 Å². The molecule has 19 heavy (non-hydrogen) atoms. The zero-order chi connectivity index (χ0) is 14.9. The highest BCUT2D eigenvalue weighted by molar-refractivity contribution is 4.85. The molecule has 0 rings (SSSR count). The fraction of sp³-hybridized carbons (Fsp3) is 1.00. The Bertz CT molecular complexity index is 210. The second kappa shape index (κ2) is 9.00. The number of hydrogen-bond acceptors (Lipinski definition) is 1. The molecule has 1 heteroatoms. The summed E-state index contributed by atoms with van der Waals surface area (Å²) in [5.41, 5.74) is 0.739. The molecule has 0 saturated carbocycles. The van der Waals surface area contributed by atoms with Gasteiger partial charge in [0.15, 0.2) is 0 Å². The summed E-state index contributed by atoms with van der Waals surface area (Å²) in [5, 5.41) is 3.75. The van der Waals surface area contributed by atoms with Gasteiger partial charge in [0.2, 0.25) is 0 Å². The molecule has 0 aromatic heterocycles. The van der Waals surface area contributed by atoms with Gasteiger partial charge in [-0.3, -0.25) is 0 Å². The molecule has 0 amide bonds. The van der Waals surface area contributed by atoms with Crippen LogP contribution in [-0.4, -0.2) is 12.1 Å². The van der Waals surface area contributed by atoms with E-state index in [0.717, 1.165) is 5.92 Å². The van der Waals surface area contributed by atoms with Gasteiger partial charge in [-0.15, -0.1) is 0 Å². The van der Waals surface area contributed by atoms with Gasteiger partial charge in [-0.1, -0.05) is 53.4 Å². The van der Waals surface area contributed by atoms with Crippen LogP contribution in [-0.2, 0) is 0 Å². The summed E-state index contributed by atoms with van der Waals surface area (Å²) in [4.78, 5) is 0. The zero-order valence-electron chi connectivity index (χ0n) is 14.7. The molecule has 1 N–H and O–H groups in total. The molecular weight excluding hydrogens is 230 g/mol. The maximum Gasteiger partial charge on any atom is 0.00967 e. The molecule has 0 bridgehead atoms. The van der Waals surface area contributed by atoms with Crippen LogP contribution in [0.5, 0.6) is 0 Å². The Labute approximate surface area is 122 Å². The highest BCUT2D eigenvalue weighted by Gasteiger charge is 2.30. The third-order valence-electron chi connectivity index (χ3n) is 4.76. The van der Waals surface area contributed by atoms with Crippen molar-refractivity contribution in [2.45, 2.75) is 99.0 Å². The summed E-state index contributed by atoms with van der Waals surface area (Å²) in [6.07, 6.45) is 9.50. The molecule has 0 fully saturated rings. The van der Waals surface area contributed by atoms with Crippen LogP contribution in [0.4, 0.5) is 0 Å². The number of nitrogens with one attached hydrogen (secondary N) is 1. The summed E-state index contributed by atoms with van der Waals surface area (Å²) in [6, 6.07) is 0. The molecule has 0 spiro atoms. The minimum atomic E-state index is 0.237. The van der Waals surface area contributed by atoms with Gasteiger partial charge in [0, 0.05) is 12.1 Å². The van der Waals surface area contributed by atoms with Gasteiger partial charge in [0.05, 0.1) is 0 Å². The Morgan fingerprint density at radius 2 is 1.53 bits per heavy atom. The van der Waals surface area contributed by atoms with Gasteiger partial charge in [-0.05, 0) is 51.4 Å². The van der Waals surface area contributed by atoms with Crippen molar-refractivity contribution < 1.29 is 0 Å². The first-order valence-electron chi connectivity index (χ1n) is 8.57. The Morgan fingerprint density at radius 3 is 1.89 bits per heavy atom. The van der Waals surface area contributed by atoms with E-state index < -0.39 is 0 Å². The van der Waals surface area contributed by atoms with Crippen molar-refractivity contribution in [2.75, 3.05) is 6.54 Å². The monoisotopic (exact) mass is 269 g/mol. The van der Waals surface area contributed by atoms with Crippen LogP contribution in [0.15, 0.2) is 0 Å². The van der Waals surface area contributed by atoms with Crippen LogP contribution in [0, 0.1) is 11.3 Å². The van der Waals surface area contributed by atoms with E-state index in [1.54, 1.807) is 0 Å². The highest BCUT2D eigenvalue weighted by Crippen LogP contribution is 2.36. The molecule has 0 aliphatic rings. The van der Waals surface area contributed by atoms with Gasteiger partial charge in [-0.2, -0.15) is 0 Å². The third kappa shape index (κ3) is 7.97. The number of hydrogen-bond donors (Lipinski definition) is 1. The van der Waals surface area contributed by atoms with Crippen LogP contribution in [0.1, 0.15) is 93.4 Å². The lowest BCUT2D eigenvalue weighted by Gasteiger charge is -2.38. The maximum atomic E-state index is 3.75. The Balaban J connectivity index is 4.57. The normalized spacial score (nSPS) is 14.7. The van der Waals surface area contributed by atoms with E-state index in [0.29, 0.717) is 5.41 Å². The minimum Gasteiger partial charge on any atom is -0.312 e. The standard InChI is InChI=1S/C18H39N/c1-8-12-13-16(9-2)14-18(10-3,11-4)15-19-17(5,6)7/h16,19H,8-15H2,1-7H3. The summed E-state index contributed by atoms with van der Waals surface area (Å²) >= 11 is 0. The van der Waals surface area contributed by atoms with E-state index in [4.69, 9.17) is 0 Å². The van der Waals surface area contributed by atoms with E-state index in [9.17, 15) is 0 Å². The van der Waals surface area contributed by atoms with Gasteiger partial charge >= 0.3 is 0 Å². The van der Waals surface area contributed by atoms with Crippen LogP contribution < -0.4 is 5.32 Å². The fourth-order valence-corrected chi connectivity index (χ4v) is 2.87. The molecule has 0 aliphatic heterocycles. The van der Waals surface area contributed by atoms with Crippen molar-refractivity contribution in [3.8, 4) is 0 Å². The Morgan fingerprint density at radius 1 is 0.947 bits per heavy atom. The molecule has 116 valence electrons. The van der Waals surface area contributed by atoms with Crippen LogP contribution in [0.25, 0.3) is 0 Å². The van der Waals surface area contributed by atoms with Crippen LogP contribution in [0.2, 0.25) is 0 Å². The van der Waals surface area contributed by atoms with Gasteiger partial charge in [0.1, 0.15) is 0 Å². The van der Waals surface area contributed by atoms with E-state index >= 15 is 0 Å². The molecule has 0 aromatic rings. The molecule has 1 unspecified atom stereocenters. The Kier molecular flexibility index (Phi) is 8.98.